The molecule has 35 heavy (non-hydrogen) atoms. The van der Waals surface area contributed by atoms with Crippen molar-refractivity contribution < 1.29 is 36.9 Å². The van der Waals surface area contributed by atoms with Crippen LogP contribution in [0.5, 0.6) is 5.88 Å². The number of carbonyl (C=O) groups is 1. The van der Waals surface area contributed by atoms with E-state index in [9.17, 15) is 22.4 Å². The highest BCUT2D eigenvalue weighted by Crippen LogP contribution is 2.39. The number of ether oxygens (including phenoxy) is 2. The van der Waals surface area contributed by atoms with Crippen LogP contribution in [0.2, 0.25) is 0 Å². The molecule has 0 bridgehead atoms. The highest BCUT2D eigenvalue weighted by molar-refractivity contribution is 5.99. The van der Waals surface area contributed by atoms with Gasteiger partial charge in [0.25, 0.3) is 5.91 Å². The standard InChI is InChI=1S/C24H19F4N3O4/c1-31(24(33)19-5-11-4-14(25)17(28)8-18(11)29-19)21-10-34-9-20-22(21)12-6-15(26)16(27)7-13(12)23(30-20)35-3-2-32/h4-8,21,29,32H,2-3,9-10H2,1H3. The lowest BCUT2D eigenvalue weighted by Crippen LogP contribution is -2.37. The number of amides is 1. The fourth-order valence-corrected chi connectivity index (χ4v) is 4.31. The highest BCUT2D eigenvalue weighted by atomic mass is 19.2. The molecule has 1 amide bonds. The van der Waals surface area contributed by atoms with Gasteiger partial charge in [-0.2, -0.15) is 0 Å². The zero-order chi connectivity index (χ0) is 24.9. The average Bonchev–Trinajstić information content (AvgIpc) is 3.25. The van der Waals surface area contributed by atoms with E-state index in [0.29, 0.717) is 16.6 Å². The second kappa shape index (κ2) is 8.82. The summed E-state index contributed by atoms with van der Waals surface area (Å²) in [4.78, 5) is 21.8. The molecule has 0 spiro atoms. The number of aromatic amines is 1. The molecule has 11 heteroatoms. The first-order valence-corrected chi connectivity index (χ1v) is 10.7. The lowest BCUT2D eigenvalue weighted by molar-refractivity contribution is 0.0331. The van der Waals surface area contributed by atoms with E-state index in [1.54, 1.807) is 0 Å². The lowest BCUT2D eigenvalue weighted by atomic mass is 9.95. The Labute approximate surface area is 195 Å². The zero-order valence-electron chi connectivity index (χ0n) is 18.4. The quantitative estimate of drug-likeness (QED) is 0.414. The van der Waals surface area contributed by atoms with E-state index in [4.69, 9.17) is 14.6 Å². The molecule has 0 saturated heterocycles. The molecule has 0 aliphatic carbocycles. The van der Waals surface area contributed by atoms with Gasteiger partial charge in [-0.25, -0.2) is 22.5 Å². The van der Waals surface area contributed by atoms with Gasteiger partial charge >= 0.3 is 0 Å². The van der Waals surface area contributed by atoms with Crippen molar-refractivity contribution >= 4 is 27.6 Å². The molecule has 0 saturated carbocycles. The van der Waals surface area contributed by atoms with E-state index in [-0.39, 0.29) is 54.3 Å². The van der Waals surface area contributed by atoms with Crippen molar-refractivity contribution in [2.24, 2.45) is 0 Å². The number of aliphatic hydroxyl groups excluding tert-OH is 1. The minimum atomic E-state index is -1.10. The van der Waals surface area contributed by atoms with Crippen LogP contribution in [0.4, 0.5) is 17.6 Å². The van der Waals surface area contributed by atoms with Crippen molar-refractivity contribution in [1.29, 1.82) is 0 Å². The fourth-order valence-electron chi connectivity index (χ4n) is 4.31. The van der Waals surface area contributed by atoms with Crippen LogP contribution < -0.4 is 4.74 Å². The maximum Gasteiger partial charge on any atom is 0.270 e. The van der Waals surface area contributed by atoms with Crippen LogP contribution >= 0.6 is 0 Å². The Hall–Kier alpha value is -3.70. The Morgan fingerprint density at radius 1 is 1.11 bits per heavy atom. The van der Waals surface area contributed by atoms with Gasteiger partial charge in [-0.3, -0.25) is 4.79 Å². The maximum atomic E-state index is 14.3. The molecular formula is C24H19F4N3O4. The Morgan fingerprint density at radius 3 is 2.54 bits per heavy atom. The first-order chi connectivity index (χ1) is 16.8. The summed E-state index contributed by atoms with van der Waals surface area (Å²) in [7, 11) is 1.50. The summed E-state index contributed by atoms with van der Waals surface area (Å²) in [5.41, 5.74) is 1.16. The van der Waals surface area contributed by atoms with E-state index in [0.717, 1.165) is 24.3 Å². The molecule has 2 aromatic heterocycles. The molecule has 1 atom stereocenters. The molecule has 0 radical (unpaired) electrons. The number of nitrogens with zero attached hydrogens (tertiary/aromatic N) is 2. The number of hydrogen-bond acceptors (Lipinski definition) is 5. The van der Waals surface area contributed by atoms with E-state index < -0.39 is 35.2 Å². The van der Waals surface area contributed by atoms with Crippen LogP contribution in [0.3, 0.4) is 0 Å². The van der Waals surface area contributed by atoms with E-state index >= 15 is 0 Å². The molecule has 3 heterocycles. The number of aliphatic hydroxyl groups is 1. The third kappa shape index (κ3) is 3.96. The molecule has 2 N–H and O–H groups in total. The summed E-state index contributed by atoms with van der Waals surface area (Å²) in [6.45, 7) is -0.322. The number of carbonyl (C=O) groups excluding carboxylic acids is 1. The number of hydrogen-bond donors (Lipinski definition) is 2. The SMILES string of the molecule is CN(C(=O)c1cc2cc(F)c(F)cc2[nH]1)C1COCc2nc(OCCO)c3cc(F)c(F)cc3c21. The van der Waals surface area contributed by atoms with Crippen molar-refractivity contribution in [2.45, 2.75) is 12.6 Å². The van der Waals surface area contributed by atoms with Gasteiger partial charge in [0.1, 0.15) is 12.3 Å². The number of nitrogens with one attached hydrogen (secondary N) is 1. The lowest BCUT2D eigenvalue weighted by Gasteiger charge is -2.33. The number of aromatic nitrogens is 2. The second-order valence-electron chi connectivity index (χ2n) is 8.14. The molecule has 1 aliphatic heterocycles. The molecule has 0 fully saturated rings. The van der Waals surface area contributed by atoms with Gasteiger partial charge in [-0.1, -0.05) is 0 Å². The molecule has 5 rings (SSSR count). The average molecular weight is 489 g/mol. The first kappa shape index (κ1) is 23.1. The Morgan fingerprint density at radius 2 is 1.80 bits per heavy atom. The van der Waals surface area contributed by atoms with Crippen molar-refractivity contribution in [2.75, 3.05) is 26.9 Å². The largest absolute Gasteiger partial charge is 0.475 e. The highest BCUT2D eigenvalue weighted by Gasteiger charge is 2.33. The van der Waals surface area contributed by atoms with Crippen LogP contribution in [-0.2, 0) is 11.3 Å². The number of fused-ring (bicyclic) bond motifs is 4. The molecule has 4 aromatic rings. The number of H-pyrrole nitrogens is 1. The molecular weight excluding hydrogens is 470 g/mol. The molecule has 1 unspecified atom stereocenters. The van der Waals surface area contributed by atoms with Gasteiger partial charge in [0.15, 0.2) is 23.3 Å². The minimum absolute atomic E-state index is 0.00426. The van der Waals surface area contributed by atoms with E-state index in [2.05, 4.69) is 9.97 Å². The molecule has 7 nitrogen and oxygen atoms in total. The van der Waals surface area contributed by atoms with Crippen LogP contribution in [0.15, 0.2) is 30.3 Å². The van der Waals surface area contributed by atoms with Crippen LogP contribution in [0.1, 0.15) is 27.8 Å². The van der Waals surface area contributed by atoms with E-state index in [1.165, 1.54) is 18.0 Å². The first-order valence-electron chi connectivity index (χ1n) is 10.7. The predicted molar refractivity (Wildman–Crippen MR) is 117 cm³/mol. The summed E-state index contributed by atoms with van der Waals surface area (Å²) >= 11 is 0. The fraction of sp³-hybridized carbons (Fsp3) is 0.250. The normalized spacial score (nSPS) is 15.4. The van der Waals surface area contributed by atoms with Gasteiger partial charge in [0.05, 0.1) is 31.6 Å². The number of pyridine rings is 1. The monoisotopic (exact) mass is 489 g/mol. The van der Waals surface area contributed by atoms with Gasteiger partial charge in [-0.15, -0.1) is 0 Å². The topological polar surface area (TPSA) is 87.7 Å². The Balaban J connectivity index is 1.59. The van der Waals surface area contributed by atoms with Gasteiger partial charge in [0.2, 0.25) is 5.88 Å². The Kier molecular flexibility index (Phi) is 5.81. The molecule has 1 aliphatic rings. The minimum Gasteiger partial charge on any atom is -0.475 e. The van der Waals surface area contributed by atoms with Gasteiger partial charge in [0, 0.05) is 35.0 Å². The maximum absolute atomic E-state index is 14.3. The molecule has 2 aromatic carbocycles. The smallest absolute Gasteiger partial charge is 0.270 e. The van der Waals surface area contributed by atoms with Crippen LogP contribution in [0, 0.1) is 23.3 Å². The number of rotatable bonds is 5. The van der Waals surface area contributed by atoms with Crippen molar-refractivity contribution in [3.05, 3.63) is 70.6 Å². The second-order valence-corrected chi connectivity index (χ2v) is 8.14. The summed E-state index contributed by atoms with van der Waals surface area (Å²) in [5.74, 6) is -4.78. The van der Waals surface area contributed by atoms with E-state index in [1.807, 2.05) is 0 Å². The third-order valence-electron chi connectivity index (χ3n) is 5.99. The summed E-state index contributed by atoms with van der Waals surface area (Å²) in [6, 6.07) is 4.58. The van der Waals surface area contributed by atoms with Gasteiger partial charge < -0.3 is 24.5 Å². The Bertz CT molecular complexity index is 1430. The number of benzene rings is 2. The zero-order valence-corrected chi connectivity index (χ0v) is 18.4. The van der Waals surface area contributed by atoms with Gasteiger partial charge in [-0.05, 0) is 29.7 Å². The van der Waals surface area contributed by atoms with Crippen molar-refractivity contribution in [3.8, 4) is 5.88 Å². The third-order valence-corrected chi connectivity index (χ3v) is 5.99. The predicted octanol–water partition coefficient (Wildman–Crippen LogP) is 3.99. The summed E-state index contributed by atoms with van der Waals surface area (Å²) in [5, 5.41) is 9.89. The van der Waals surface area contributed by atoms with Crippen molar-refractivity contribution in [3.63, 3.8) is 0 Å². The summed E-state index contributed by atoms with van der Waals surface area (Å²) in [6.07, 6.45) is 0. The van der Waals surface area contributed by atoms with Crippen LogP contribution in [0.25, 0.3) is 21.7 Å². The number of halogens is 4. The van der Waals surface area contributed by atoms with Crippen molar-refractivity contribution in [1.82, 2.24) is 14.9 Å². The van der Waals surface area contributed by atoms with Crippen LogP contribution in [-0.4, -0.2) is 52.7 Å². The summed E-state index contributed by atoms with van der Waals surface area (Å²) < 4.78 is 66.6. The number of likely N-dealkylation sites (N-methyl/N-ethyl adjacent to an activating group) is 1. The molecule has 182 valence electrons.